The monoisotopic (exact) mass is 293 g/mol. The summed E-state index contributed by atoms with van der Waals surface area (Å²) >= 11 is 0. The van der Waals surface area contributed by atoms with Crippen molar-refractivity contribution in [2.75, 3.05) is 30.8 Å². The Hall–Kier alpha value is -1.59. The molecule has 1 aliphatic carbocycles. The van der Waals surface area contributed by atoms with Gasteiger partial charge >= 0.3 is 6.01 Å². The predicted molar refractivity (Wildman–Crippen MR) is 84.8 cm³/mol. The van der Waals surface area contributed by atoms with Crippen molar-refractivity contribution in [1.82, 2.24) is 15.0 Å². The fourth-order valence-corrected chi connectivity index (χ4v) is 2.72. The zero-order valence-electron chi connectivity index (χ0n) is 13.4. The minimum atomic E-state index is 0.385. The smallest absolute Gasteiger partial charge is 0.323 e. The van der Waals surface area contributed by atoms with Crippen LogP contribution in [0.2, 0.25) is 0 Å². The average Bonchev–Trinajstić information content (AvgIpc) is 2.52. The first-order valence-electron chi connectivity index (χ1n) is 8.03. The maximum absolute atomic E-state index is 5.51. The first-order chi connectivity index (χ1) is 10.2. The van der Waals surface area contributed by atoms with Crippen LogP contribution in [0, 0.1) is 11.8 Å². The second-order valence-corrected chi connectivity index (χ2v) is 5.77. The molecule has 1 saturated carbocycles. The molecule has 0 amide bonds. The molecule has 2 rings (SSSR count). The van der Waals surface area contributed by atoms with Gasteiger partial charge in [0.15, 0.2) is 0 Å². The lowest BCUT2D eigenvalue weighted by Gasteiger charge is -2.28. The Morgan fingerprint density at radius 2 is 1.90 bits per heavy atom. The van der Waals surface area contributed by atoms with Crippen molar-refractivity contribution in [3.05, 3.63) is 0 Å². The van der Waals surface area contributed by atoms with Crippen LogP contribution in [-0.2, 0) is 0 Å². The van der Waals surface area contributed by atoms with E-state index in [9.17, 15) is 0 Å². The Morgan fingerprint density at radius 3 is 2.62 bits per heavy atom. The van der Waals surface area contributed by atoms with Gasteiger partial charge in [0.25, 0.3) is 0 Å². The molecule has 1 heterocycles. The number of hydrogen-bond acceptors (Lipinski definition) is 6. The van der Waals surface area contributed by atoms with E-state index in [-0.39, 0.29) is 0 Å². The molecular formula is C15H27N5O. The van der Waals surface area contributed by atoms with E-state index < -0.39 is 0 Å². The third kappa shape index (κ3) is 4.72. The van der Waals surface area contributed by atoms with Crippen LogP contribution in [0.25, 0.3) is 0 Å². The summed E-state index contributed by atoms with van der Waals surface area (Å²) < 4.78 is 5.51. The number of nitrogens with one attached hydrogen (secondary N) is 2. The zero-order valence-corrected chi connectivity index (χ0v) is 13.4. The summed E-state index contributed by atoms with van der Waals surface area (Å²) in [6.07, 6.45) is 6.25. The Kier molecular flexibility index (Phi) is 6.02. The van der Waals surface area contributed by atoms with Crippen LogP contribution in [0.1, 0.15) is 46.0 Å². The fraction of sp³-hybridized carbons (Fsp3) is 0.800. The highest BCUT2D eigenvalue weighted by Gasteiger charge is 2.21. The molecule has 1 aromatic heterocycles. The van der Waals surface area contributed by atoms with E-state index in [0.29, 0.717) is 30.4 Å². The fourth-order valence-electron chi connectivity index (χ4n) is 2.72. The van der Waals surface area contributed by atoms with E-state index in [2.05, 4.69) is 39.4 Å². The summed E-state index contributed by atoms with van der Waals surface area (Å²) in [5.41, 5.74) is 0. The van der Waals surface area contributed by atoms with Crippen molar-refractivity contribution in [3.8, 4) is 6.01 Å². The van der Waals surface area contributed by atoms with Crippen LogP contribution in [-0.4, -0.2) is 35.2 Å². The predicted octanol–water partition coefficient (Wildman–Crippen LogP) is 2.94. The molecule has 1 aromatic rings. The van der Waals surface area contributed by atoms with Crippen molar-refractivity contribution in [2.24, 2.45) is 11.8 Å². The molecule has 6 heteroatoms. The summed E-state index contributed by atoms with van der Waals surface area (Å²) in [6, 6.07) is 0.385. The molecule has 1 aliphatic rings. The topological polar surface area (TPSA) is 72.0 Å². The largest absolute Gasteiger partial charge is 0.463 e. The number of nitrogens with zero attached hydrogens (tertiary/aromatic N) is 3. The average molecular weight is 293 g/mol. The van der Waals surface area contributed by atoms with Crippen LogP contribution in [0.3, 0.4) is 0 Å². The van der Waals surface area contributed by atoms with Gasteiger partial charge in [-0.05, 0) is 24.7 Å². The number of ether oxygens (including phenoxy) is 1. The van der Waals surface area contributed by atoms with Gasteiger partial charge in [0, 0.05) is 13.6 Å². The van der Waals surface area contributed by atoms with Gasteiger partial charge in [0.05, 0.1) is 6.61 Å². The second kappa shape index (κ2) is 8.00. The van der Waals surface area contributed by atoms with E-state index >= 15 is 0 Å². The van der Waals surface area contributed by atoms with Crippen LogP contribution in [0.4, 0.5) is 11.9 Å². The third-order valence-corrected chi connectivity index (χ3v) is 4.09. The molecular weight excluding hydrogens is 266 g/mol. The van der Waals surface area contributed by atoms with Gasteiger partial charge in [0.2, 0.25) is 11.9 Å². The molecule has 0 radical (unpaired) electrons. The molecule has 0 bridgehead atoms. The number of aromatic nitrogens is 3. The maximum atomic E-state index is 5.51. The van der Waals surface area contributed by atoms with Gasteiger partial charge in [-0.15, -0.1) is 0 Å². The molecule has 2 unspecified atom stereocenters. The molecule has 21 heavy (non-hydrogen) atoms. The number of anilines is 2. The van der Waals surface area contributed by atoms with Gasteiger partial charge in [0.1, 0.15) is 0 Å². The van der Waals surface area contributed by atoms with Crippen molar-refractivity contribution < 1.29 is 4.74 Å². The lowest BCUT2D eigenvalue weighted by Crippen LogP contribution is -2.25. The summed E-state index contributed by atoms with van der Waals surface area (Å²) in [5, 5.41) is 6.30. The van der Waals surface area contributed by atoms with E-state index in [1.165, 1.54) is 25.7 Å². The minimum absolute atomic E-state index is 0.385. The Labute approximate surface area is 127 Å². The van der Waals surface area contributed by atoms with Crippen LogP contribution in [0.15, 0.2) is 0 Å². The molecule has 2 N–H and O–H groups in total. The highest BCUT2D eigenvalue weighted by atomic mass is 16.5. The SMILES string of the molecule is CCCOc1nc(NC)nc(NCC2CCCCC2C)n1. The Bertz CT molecular complexity index is 440. The standard InChI is InChI=1S/C15H27N5O/c1-4-9-21-15-19-13(16-3)18-14(20-15)17-10-12-8-6-5-7-11(12)2/h11-12H,4-10H2,1-3H3,(H2,16,17,18,19,20). The Balaban J connectivity index is 1.97. The van der Waals surface area contributed by atoms with Crippen molar-refractivity contribution in [2.45, 2.75) is 46.0 Å². The molecule has 1 fully saturated rings. The van der Waals surface area contributed by atoms with Crippen molar-refractivity contribution in [3.63, 3.8) is 0 Å². The van der Waals surface area contributed by atoms with Crippen LogP contribution >= 0.6 is 0 Å². The van der Waals surface area contributed by atoms with E-state index in [1.54, 1.807) is 7.05 Å². The van der Waals surface area contributed by atoms with Crippen molar-refractivity contribution >= 4 is 11.9 Å². The minimum Gasteiger partial charge on any atom is -0.463 e. The number of hydrogen-bond donors (Lipinski definition) is 2. The van der Waals surface area contributed by atoms with Crippen LogP contribution < -0.4 is 15.4 Å². The number of rotatable bonds is 7. The molecule has 0 spiro atoms. The summed E-state index contributed by atoms with van der Waals surface area (Å²) in [4.78, 5) is 12.9. The summed E-state index contributed by atoms with van der Waals surface area (Å²) in [7, 11) is 1.80. The van der Waals surface area contributed by atoms with Gasteiger partial charge < -0.3 is 15.4 Å². The van der Waals surface area contributed by atoms with Gasteiger partial charge in [-0.2, -0.15) is 15.0 Å². The van der Waals surface area contributed by atoms with Gasteiger partial charge in [-0.1, -0.05) is 33.1 Å². The van der Waals surface area contributed by atoms with Crippen LogP contribution in [0.5, 0.6) is 6.01 Å². The maximum Gasteiger partial charge on any atom is 0.323 e. The van der Waals surface area contributed by atoms with Gasteiger partial charge in [-0.3, -0.25) is 0 Å². The second-order valence-electron chi connectivity index (χ2n) is 5.77. The third-order valence-electron chi connectivity index (χ3n) is 4.09. The molecule has 0 aromatic carbocycles. The quantitative estimate of drug-likeness (QED) is 0.805. The molecule has 0 aliphatic heterocycles. The first-order valence-corrected chi connectivity index (χ1v) is 8.03. The molecule has 6 nitrogen and oxygen atoms in total. The van der Waals surface area contributed by atoms with E-state index in [1.807, 2.05) is 0 Å². The van der Waals surface area contributed by atoms with Crippen molar-refractivity contribution in [1.29, 1.82) is 0 Å². The van der Waals surface area contributed by atoms with E-state index in [4.69, 9.17) is 4.74 Å². The molecule has 118 valence electrons. The zero-order chi connectivity index (χ0) is 15.1. The summed E-state index contributed by atoms with van der Waals surface area (Å²) in [6.45, 7) is 5.94. The normalized spacial score (nSPS) is 21.9. The molecule has 2 atom stereocenters. The van der Waals surface area contributed by atoms with Gasteiger partial charge in [-0.25, -0.2) is 0 Å². The Morgan fingerprint density at radius 1 is 1.14 bits per heavy atom. The highest BCUT2D eigenvalue weighted by Crippen LogP contribution is 2.29. The lowest BCUT2D eigenvalue weighted by atomic mass is 9.80. The lowest BCUT2D eigenvalue weighted by molar-refractivity contribution is 0.268. The summed E-state index contributed by atoms with van der Waals surface area (Å²) in [5.74, 6) is 2.61. The molecule has 0 saturated heterocycles. The highest BCUT2D eigenvalue weighted by molar-refractivity contribution is 5.35. The first kappa shape index (κ1) is 15.8. The van der Waals surface area contributed by atoms with E-state index in [0.717, 1.165) is 18.9 Å².